The van der Waals surface area contributed by atoms with Crippen LogP contribution in [0.1, 0.15) is 11.1 Å². The molecule has 0 unspecified atom stereocenters. The normalized spacial score (nSPS) is 10.9. The number of urea groups is 1. The van der Waals surface area contributed by atoms with E-state index in [1.54, 1.807) is 30.5 Å². The van der Waals surface area contributed by atoms with Gasteiger partial charge in [0.2, 0.25) is 5.56 Å². The number of carbonyl (C=O) groups is 1. The highest BCUT2D eigenvalue weighted by molar-refractivity contribution is 6.00. The molecule has 8 nitrogen and oxygen atoms in total. The number of nitrogens with zero attached hydrogens (tertiary/aromatic N) is 3. The number of amides is 2. The van der Waals surface area contributed by atoms with Crippen LogP contribution in [0.4, 0.5) is 10.5 Å². The molecule has 2 amide bonds. The number of aromatic nitrogens is 3. The predicted molar refractivity (Wildman–Crippen MR) is 119 cm³/mol. The molecular formula is C23H23N5O3. The second kappa shape index (κ2) is 9.27. The Morgan fingerprint density at radius 1 is 1.06 bits per heavy atom. The minimum absolute atomic E-state index is 0.158. The van der Waals surface area contributed by atoms with Gasteiger partial charge in [-0.25, -0.2) is 4.79 Å². The van der Waals surface area contributed by atoms with E-state index in [-0.39, 0.29) is 24.7 Å². The van der Waals surface area contributed by atoms with Crippen LogP contribution in [0.2, 0.25) is 0 Å². The number of hydrogen-bond acceptors (Lipinski definition) is 4. The van der Waals surface area contributed by atoms with Gasteiger partial charge in [-0.05, 0) is 23.8 Å². The topological polar surface area (TPSA) is 103 Å². The Morgan fingerprint density at radius 2 is 1.90 bits per heavy atom. The Hall–Kier alpha value is -3.91. The molecule has 0 spiro atoms. The number of pyridine rings is 1. The molecule has 0 fully saturated rings. The minimum Gasteiger partial charge on any atom is -0.395 e. The van der Waals surface area contributed by atoms with Gasteiger partial charge in [0, 0.05) is 29.8 Å². The lowest BCUT2D eigenvalue weighted by Gasteiger charge is -2.22. The van der Waals surface area contributed by atoms with Gasteiger partial charge in [-0.1, -0.05) is 36.4 Å². The zero-order chi connectivity index (χ0) is 21.6. The summed E-state index contributed by atoms with van der Waals surface area (Å²) in [6.07, 6.45) is 3.62. The van der Waals surface area contributed by atoms with Crippen LogP contribution in [0.5, 0.6) is 0 Å². The third-order valence-corrected chi connectivity index (χ3v) is 4.91. The van der Waals surface area contributed by atoms with E-state index < -0.39 is 0 Å². The first kappa shape index (κ1) is 20.4. The summed E-state index contributed by atoms with van der Waals surface area (Å²) in [5.74, 6) is 0. The van der Waals surface area contributed by atoms with Crippen LogP contribution in [-0.2, 0) is 13.1 Å². The molecule has 8 heteroatoms. The molecule has 2 aromatic heterocycles. The van der Waals surface area contributed by atoms with E-state index in [1.807, 2.05) is 41.2 Å². The Labute approximate surface area is 178 Å². The molecule has 2 heterocycles. The minimum atomic E-state index is -0.344. The Kier molecular flexibility index (Phi) is 6.09. The monoisotopic (exact) mass is 417 g/mol. The number of rotatable bonds is 7. The number of aromatic amines is 1. The molecule has 0 atom stereocenters. The smallest absolute Gasteiger partial charge is 0.322 e. The van der Waals surface area contributed by atoms with Crippen molar-refractivity contribution in [1.29, 1.82) is 0 Å². The van der Waals surface area contributed by atoms with Gasteiger partial charge in [0.15, 0.2) is 0 Å². The Bertz CT molecular complexity index is 1230. The van der Waals surface area contributed by atoms with Crippen molar-refractivity contribution in [2.45, 2.75) is 13.1 Å². The van der Waals surface area contributed by atoms with Crippen molar-refractivity contribution in [2.75, 3.05) is 18.5 Å². The van der Waals surface area contributed by atoms with Crippen LogP contribution in [0.25, 0.3) is 10.9 Å². The first-order valence-electron chi connectivity index (χ1n) is 9.96. The maximum atomic E-state index is 12.9. The van der Waals surface area contributed by atoms with Gasteiger partial charge in [0.05, 0.1) is 37.1 Å². The van der Waals surface area contributed by atoms with E-state index in [0.717, 1.165) is 16.5 Å². The molecule has 0 bridgehead atoms. The second-order valence-corrected chi connectivity index (χ2v) is 7.20. The summed E-state index contributed by atoms with van der Waals surface area (Å²) in [7, 11) is 0. The molecule has 0 aliphatic heterocycles. The molecule has 0 saturated carbocycles. The summed E-state index contributed by atoms with van der Waals surface area (Å²) >= 11 is 0. The van der Waals surface area contributed by atoms with E-state index in [2.05, 4.69) is 15.4 Å². The number of benzene rings is 2. The van der Waals surface area contributed by atoms with Gasteiger partial charge in [0.25, 0.3) is 0 Å². The largest absolute Gasteiger partial charge is 0.395 e. The highest BCUT2D eigenvalue weighted by atomic mass is 16.3. The van der Waals surface area contributed by atoms with Crippen molar-refractivity contribution >= 4 is 22.6 Å². The quantitative estimate of drug-likeness (QED) is 0.430. The van der Waals surface area contributed by atoms with Gasteiger partial charge in [0.1, 0.15) is 0 Å². The lowest BCUT2D eigenvalue weighted by atomic mass is 10.2. The van der Waals surface area contributed by atoms with Crippen molar-refractivity contribution in [3.05, 3.63) is 94.5 Å². The fourth-order valence-electron chi connectivity index (χ4n) is 3.43. The van der Waals surface area contributed by atoms with Crippen LogP contribution < -0.4 is 10.9 Å². The van der Waals surface area contributed by atoms with Gasteiger partial charge in [-0.3, -0.25) is 9.48 Å². The third-order valence-electron chi connectivity index (χ3n) is 4.91. The highest BCUT2D eigenvalue weighted by Gasteiger charge is 2.16. The summed E-state index contributed by atoms with van der Waals surface area (Å²) in [6, 6.07) is 18.1. The number of aliphatic hydroxyl groups excluding tert-OH is 1. The van der Waals surface area contributed by atoms with E-state index in [9.17, 15) is 14.7 Å². The van der Waals surface area contributed by atoms with Crippen molar-refractivity contribution < 1.29 is 9.90 Å². The number of aliphatic hydroxyl groups is 1. The SMILES string of the molecule is O=C(Nc1cccc2[nH]c(=O)ccc12)N(CCO)Cc1cnn(Cc2ccccc2)c1. The highest BCUT2D eigenvalue weighted by Crippen LogP contribution is 2.21. The van der Waals surface area contributed by atoms with E-state index in [0.29, 0.717) is 24.3 Å². The predicted octanol–water partition coefficient (Wildman–Crippen LogP) is 2.80. The number of carbonyl (C=O) groups excluding carboxylic acids is 1. The van der Waals surface area contributed by atoms with Gasteiger partial charge >= 0.3 is 6.03 Å². The van der Waals surface area contributed by atoms with Crippen LogP contribution in [0.3, 0.4) is 0 Å². The van der Waals surface area contributed by atoms with Crippen molar-refractivity contribution in [3.8, 4) is 0 Å². The fraction of sp³-hybridized carbons (Fsp3) is 0.174. The average Bonchev–Trinajstić information content (AvgIpc) is 3.21. The van der Waals surface area contributed by atoms with Gasteiger partial charge in [-0.15, -0.1) is 0 Å². The Morgan fingerprint density at radius 3 is 2.71 bits per heavy atom. The summed E-state index contributed by atoms with van der Waals surface area (Å²) in [6.45, 7) is 0.968. The molecule has 0 aliphatic rings. The second-order valence-electron chi connectivity index (χ2n) is 7.20. The molecule has 3 N–H and O–H groups in total. The number of nitrogens with one attached hydrogen (secondary N) is 2. The van der Waals surface area contributed by atoms with E-state index >= 15 is 0 Å². The summed E-state index contributed by atoms with van der Waals surface area (Å²) in [5.41, 5.74) is 3.02. The van der Waals surface area contributed by atoms with Gasteiger partial charge < -0.3 is 20.3 Å². The molecule has 0 aliphatic carbocycles. The zero-order valence-electron chi connectivity index (χ0n) is 16.9. The molecular weight excluding hydrogens is 394 g/mol. The Balaban J connectivity index is 1.48. The molecule has 31 heavy (non-hydrogen) atoms. The number of anilines is 1. The molecule has 0 saturated heterocycles. The summed E-state index contributed by atoms with van der Waals surface area (Å²) < 4.78 is 1.82. The molecule has 0 radical (unpaired) electrons. The molecule has 4 rings (SSSR count). The fourth-order valence-corrected chi connectivity index (χ4v) is 3.43. The maximum absolute atomic E-state index is 12.9. The molecule has 2 aromatic carbocycles. The molecule has 4 aromatic rings. The van der Waals surface area contributed by atoms with Crippen molar-refractivity contribution in [2.24, 2.45) is 0 Å². The summed E-state index contributed by atoms with van der Waals surface area (Å²) in [5, 5.41) is 17.4. The van der Waals surface area contributed by atoms with Crippen LogP contribution in [0, 0.1) is 0 Å². The van der Waals surface area contributed by atoms with Crippen LogP contribution >= 0.6 is 0 Å². The first-order valence-corrected chi connectivity index (χ1v) is 9.96. The standard InChI is InChI=1S/C23H23N5O3/c29-12-11-27(14-18-13-24-28(16-18)15-17-5-2-1-3-6-17)23(31)26-21-8-4-7-20-19(21)9-10-22(30)25-20/h1-10,13,16,29H,11-12,14-15H2,(H,25,30)(H,26,31). The number of fused-ring (bicyclic) bond motifs is 1. The van der Waals surface area contributed by atoms with Crippen LogP contribution in [0.15, 0.2) is 77.9 Å². The van der Waals surface area contributed by atoms with E-state index in [1.165, 1.54) is 11.0 Å². The molecule has 158 valence electrons. The first-order chi connectivity index (χ1) is 15.1. The van der Waals surface area contributed by atoms with E-state index in [4.69, 9.17) is 0 Å². The number of hydrogen-bond donors (Lipinski definition) is 3. The maximum Gasteiger partial charge on any atom is 0.322 e. The number of H-pyrrole nitrogens is 1. The average molecular weight is 417 g/mol. The third kappa shape index (κ3) is 4.99. The summed E-state index contributed by atoms with van der Waals surface area (Å²) in [4.78, 5) is 28.7. The van der Waals surface area contributed by atoms with Gasteiger partial charge in [-0.2, -0.15) is 5.10 Å². The lowest BCUT2D eigenvalue weighted by molar-refractivity contribution is 0.185. The zero-order valence-corrected chi connectivity index (χ0v) is 16.9. The van der Waals surface area contributed by atoms with Crippen LogP contribution in [-0.4, -0.2) is 44.0 Å². The van der Waals surface area contributed by atoms with Crippen molar-refractivity contribution in [1.82, 2.24) is 19.7 Å². The van der Waals surface area contributed by atoms with Crippen molar-refractivity contribution in [3.63, 3.8) is 0 Å². The lowest BCUT2D eigenvalue weighted by Crippen LogP contribution is -2.36.